The van der Waals surface area contributed by atoms with Gasteiger partial charge in [-0.1, -0.05) is 60.5 Å². The van der Waals surface area contributed by atoms with E-state index < -0.39 is 5.97 Å². The van der Waals surface area contributed by atoms with Crippen LogP contribution in [0.5, 0.6) is 5.75 Å². The zero-order chi connectivity index (χ0) is 27.0. The molecule has 0 radical (unpaired) electrons. The molecule has 2 heterocycles. The molecule has 0 fully saturated rings. The van der Waals surface area contributed by atoms with Crippen LogP contribution in [0.15, 0.2) is 40.6 Å². The fraction of sp³-hybridized carbons (Fsp3) is 0.296. The van der Waals surface area contributed by atoms with Crippen LogP contribution in [-0.2, 0) is 0 Å². The Bertz CT molecular complexity index is 1480. The van der Waals surface area contributed by atoms with Crippen molar-refractivity contribution < 1.29 is 14.6 Å². The first-order valence-corrected chi connectivity index (χ1v) is 14.1. The Kier molecular flexibility index (Phi) is 8.23. The Hall–Kier alpha value is -2.52. The van der Waals surface area contributed by atoms with Crippen molar-refractivity contribution in [3.8, 4) is 33.3 Å². The van der Waals surface area contributed by atoms with Crippen LogP contribution in [0.25, 0.3) is 27.5 Å². The number of aromatic carboxylic acids is 1. The van der Waals surface area contributed by atoms with Gasteiger partial charge in [0.25, 0.3) is 0 Å². The number of ether oxygens (including phenoxy) is 1. The van der Waals surface area contributed by atoms with Crippen LogP contribution in [-0.4, -0.2) is 37.2 Å². The van der Waals surface area contributed by atoms with E-state index in [-0.39, 0.29) is 17.0 Å². The number of aromatic nitrogens is 3. The summed E-state index contributed by atoms with van der Waals surface area (Å²) >= 11 is 15.5. The molecule has 0 saturated heterocycles. The van der Waals surface area contributed by atoms with Crippen LogP contribution in [0.1, 0.15) is 49.4 Å². The van der Waals surface area contributed by atoms with E-state index in [2.05, 4.69) is 18.9 Å². The van der Waals surface area contributed by atoms with Crippen LogP contribution in [0.4, 0.5) is 0 Å². The molecule has 10 heteroatoms. The summed E-state index contributed by atoms with van der Waals surface area (Å²) in [6.45, 7) is 11.9. The maximum atomic E-state index is 12.6. The van der Waals surface area contributed by atoms with Crippen LogP contribution < -0.4 is 4.74 Å². The molecule has 4 rings (SSSR count). The van der Waals surface area contributed by atoms with Gasteiger partial charge in [0.15, 0.2) is 5.69 Å². The van der Waals surface area contributed by atoms with Crippen molar-refractivity contribution in [2.75, 3.05) is 0 Å². The first-order valence-electron chi connectivity index (χ1n) is 11.7. The molecule has 0 saturated carbocycles. The number of halogens is 2. The monoisotopic (exact) mass is 575 g/mol. The third-order valence-corrected chi connectivity index (χ3v) is 8.26. The quantitative estimate of drug-likeness (QED) is 0.212. The van der Waals surface area contributed by atoms with Crippen molar-refractivity contribution in [3.05, 3.63) is 63.4 Å². The highest BCUT2D eigenvalue weighted by molar-refractivity contribution is 8.01. The van der Waals surface area contributed by atoms with Crippen LogP contribution >= 0.6 is 46.3 Å². The highest BCUT2D eigenvalue weighted by Gasteiger charge is 2.27. The number of nitrogens with zero attached hydrogens (tertiary/aromatic N) is 3. The molecule has 0 spiro atoms. The maximum absolute atomic E-state index is 12.6. The highest BCUT2D eigenvalue weighted by atomic mass is 35.5. The zero-order valence-electron chi connectivity index (χ0n) is 21.3. The van der Waals surface area contributed by atoms with Crippen molar-refractivity contribution >= 4 is 52.3 Å². The molecule has 0 atom stereocenters. The average molecular weight is 577 g/mol. The summed E-state index contributed by atoms with van der Waals surface area (Å²) in [7, 11) is 0. The van der Waals surface area contributed by atoms with Crippen molar-refractivity contribution in [2.24, 2.45) is 0 Å². The highest BCUT2D eigenvalue weighted by Crippen LogP contribution is 2.42. The van der Waals surface area contributed by atoms with E-state index in [4.69, 9.17) is 32.9 Å². The second-order valence-electron chi connectivity index (χ2n) is 9.16. The molecule has 2 aromatic carbocycles. The Morgan fingerprint density at radius 1 is 1.05 bits per heavy atom. The predicted molar refractivity (Wildman–Crippen MR) is 153 cm³/mol. The molecule has 6 nitrogen and oxygen atoms in total. The molecule has 0 bridgehead atoms. The second-order valence-corrected chi connectivity index (χ2v) is 12.8. The molecule has 0 aliphatic heterocycles. The van der Waals surface area contributed by atoms with Crippen LogP contribution in [0.2, 0.25) is 10.0 Å². The molecule has 194 valence electrons. The Balaban J connectivity index is 1.90. The van der Waals surface area contributed by atoms with Crippen molar-refractivity contribution in [3.63, 3.8) is 0 Å². The third kappa shape index (κ3) is 5.98. The minimum absolute atomic E-state index is 0.00981. The largest absolute Gasteiger partial charge is 0.491 e. The topological polar surface area (TPSA) is 77.2 Å². The fourth-order valence-electron chi connectivity index (χ4n) is 3.95. The molecule has 1 N–H and O–H groups in total. The number of carboxylic acid groups (broad SMARTS) is 1. The SMILES string of the molecule is Cc1cc(OC(C)C)cc(-c2c(C)nn(-c3nc(-c4ccc(Cl)c(Cl)c4)c(SC(C)C)s3)c2C(=O)O)c1. The number of thioether (sulfide) groups is 1. The van der Waals surface area contributed by atoms with E-state index in [1.807, 2.05) is 45.0 Å². The molecular formula is C27H27Cl2N3O3S2. The summed E-state index contributed by atoms with van der Waals surface area (Å²) in [6, 6.07) is 11.1. The van der Waals surface area contributed by atoms with Gasteiger partial charge in [-0.05, 0) is 63.1 Å². The van der Waals surface area contributed by atoms with E-state index in [1.165, 1.54) is 16.0 Å². The molecule has 0 amide bonds. The molecule has 4 aromatic rings. The van der Waals surface area contributed by atoms with Gasteiger partial charge in [-0.2, -0.15) is 9.78 Å². The van der Waals surface area contributed by atoms with Crippen molar-refractivity contribution in [1.29, 1.82) is 0 Å². The number of carbonyl (C=O) groups is 1. The summed E-state index contributed by atoms with van der Waals surface area (Å²) in [5.74, 6) is -0.409. The van der Waals surface area contributed by atoms with E-state index in [0.29, 0.717) is 37.9 Å². The zero-order valence-corrected chi connectivity index (χ0v) is 24.4. The van der Waals surface area contributed by atoms with Gasteiger partial charge >= 0.3 is 5.97 Å². The van der Waals surface area contributed by atoms with E-state index in [1.54, 1.807) is 30.8 Å². The lowest BCUT2D eigenvalue weighted by atomic mass is 10.0. The minimum atomic E-state index is -1.09. The summed E-state index contributed by atoms with van der Waals surface area (Å²) in [5.41, 5.74) is 4.38. The lowest BCUT2D eigenvalue weighted by Crippen LogP contribution is -2.09. The Morgan fingerprint density at radius 2 is 1.78 bits per heavy atom. The van der Waals surface area contributed by atoms with Gasteiger partial charge in [0.05, 0.1) is 31.7 Å². The van der Waals surface area contributed by atoms with Gasteiger partial charge in [0, 0.05) is 16.4 Å². The fourth-order valence-corrected chi connectivity index (χ4v) is 6.72. The molecular weight excluding hydrogens is 549 g/mol. The van der Waals surface area contributed by atoms with Gasteiger partial charge in [-0.25, -0.2) is 9.78 Å². The first kappa shape index (κ1) is 27.5. The maximum Gasteiger partial charge on any atom is 0.355 e. The smallest absolute Gasteiger partial charge is 0.355 e. The van der Waals surface area contributed by atoms with Gasteiger partial charge in [-0.3, -0.25) is 0 Å². The second kappa shape index (κ2) is 11.1. The molecule has 37 heavy (non-hydrogen) atoms. The summed E-state index contributed by atoms with van der Waals surface area (Å²) < 4.78 is 8.27. The lowest BCUT2D eigenvalue weighted by Gasteiger charge is -2.13. The van der Waals surface area contributed by atoms with Crippen molar-refractivity contribution in [1.82, 2.24) is 14.8 Å². The summed E-state index contributed by atoms with van der Waals surface area (Å²) in [5, 5.41) is 16.6. The van der Waals surface area contributed by atoms with Gasteiger partial charge < -0.3 is 9.84 Å². The number of hydrogen-bond acceptors (Lipinski definition) is 6. The van der Waals surface area contributed by atoms with Gasteiger partial charge in [0.1, 0.15) is 5.75 Å². The van der Waals surface area contributed by atoms with Crippen LogP contribution in [0.3, 0.4) is 0 Å². The van der Waals surface area contributed by atoms with Gasteiger partial charge in [-0.15, -0.1) is 11.8 Å². The number of carboxylic acids is 1. The normalized spacial score (nSPS) is 11.5. The number of aryl methyl sites for hydroxylation is 2. The van der Waals surface area contributed by atoms with E-state index in [0.717, 1.165) is 20.9 Å². The lowest BCUT2D eigenvalue weighted by molar-refractivity contribution is 0.0687. The number of rotatable bonds is 8. The van der Waals surface area contributed by atoms with Gasteiger partial charge in [0.2, 0.25) is 5.13 Å². The first-order chi connectivity index (χ1) is 17.4. The number of hydrogen-bond donors (Lipinski definition) is 1. The average Bonchev–Trinajstić information content (AvgIpc) is 3.35. The number of thiazole rings is 1. The molecule has 0 aliphatic carbocycles. The standard InChI is InChI=1S/C27H27Cl2N3O3S2/c1-13(2)35-19-10-15(5)9-18(11-19)22-16(6)31-32(24(22)25(33)34)27-30-23(26(37-27)36-14(3)4)17-7-8-20(28)21(29)12-17/h7-14H,1-6H3,(H,33,34). The third-order valence-electron chi connectivity index (χ3n) is 5.28. The molecule has 2 aromatic heterocycles. The predicted octanol–water partition coefficient (Wildman–Crippen LogP) is 8.57. The number of benzene rings is 2. The van der Waals surface area contributed by atoms with E-state index in [9.17, 15) is 9.90 Å². The molecule has 0 unspecified atom stereocenters. The summed E-state index contributed by atoms with van der Waals surface area (Å²) in [4.78, 5) is 17.5. The Morgan fingerprint density at radius 3 is 2.41 bits per heavy atom. The summed E-state index contributed by atoms with van der Waals surface area (Å²) in [6.07, 6.45) is -0.00981. The van der Waals surface area contributed by atoms with E-state index >= 15 is 0 Å². The van der Waals surface area contributed by atoms with Crippen LogP contribution in [0, 0.1) is 13.8 Å². The van der Waals surface area contributed by atoms with Crippen molar-refractivity contribution in [2.45, 2.75) is 57.1 Å². The Labute approximate surface area is 234 Å². The minimum Gasteiger partial charge on any atom is -0.491 e. The molecule has 0 aliphatic rings.